The van der Waals surface area contributed by atoms with E-state index in [0.29, 0.717) is 10.9 Å². The topological polar surface area (TPSA) is 55.3 Å². The third-order valence-corrected chi connectivity index (χ3v) is 5.57. The number of benzene rings is 2. The molecule has 1 heterocycles. The number of carbonyl (C=O) groups excluding carboxylic acids is 1. The summed E-state index contributed by atoms with van der Waals surface area (Å²) < 4.78 is 6.61. The molecule has 7 heteroatoms. The Bertz CT molecular complexity index is 894. The average molecular weight is 446 g/mol. The molecule has 0 aliphatic carbocycles. The van der Waals surface area contributed by atoms with E-state index in [1.807, 2.05) is 48.5 Å². The highest BCUT2D eigenvalue weighted by Gasteiger charge is 2.17. The highest BCUT2D eigenvalue weighted by atomic mass is 79.9. The Morgan fingerprint density at radius 1 is 1.11 bits per heavy atom. The monoisotopic (exact) mass is 445 g/mol. The van der Waals surface area contributed by atoms with Gasteiger partial charge in [0.1, 0.15) is 10.8 Å². The molecule has 0 unspecified atom stereocenters. The van der Waals surface area contributed by atoms with Gasteiger partial charge in [0.25, 0.3) is 5.91 Å². The van der Waals surface area contributed by atoms with Crippen LogP contribution in [-0.4, -0.2) is 29.8 Å². The maximum atomic E-state index is 12.4. The third-order valence-electron chi connectivity index (χ3n) is 3.99. The Balaban J connectivity index is 1.59. The number of ether oxygens (including phenoxy) is 1. The van der Waals surface area contributed by atoms with E-state index in [2.05, 4.69) is 33.1 Å². The first-order valence-electron chi connectivity index (χ1n) is 8.64. The van der Waals surface area contributed by atoms with Crippen molar-refractivity contribution in [3.63, 3.8) is 0 Å². The number of hydrogen-bond acceptors (Lipinski definition) is 5. The van der Waals surface area contributed by atoms with Crippen LogP contribution >= 0.6 is 27.3 Å². The van der Waals surface area contributed by atoms with E-state index in [0.717, 1.165) is 27.9 Å². The lowest BCUT2D eigenvalue weighted by atomic mass is 10.1. The van der Waals surface area contributed by atoms with Gasteiger partial charge in [-0.1, -0.05) is 64.9 Å². The standard InChI is InChI=1S/C20H20BrN3O2S/c1-3-4-14-5-11-17(12-6-14)26-13-18(25)24(2)20-23-22-19(27-20)15-7-9-16(21)10-8-15/h5-12H,3-4,13H2,1-2H3. The number of carbonyl (C=O) groups is 1. The molecular formula is C20H20BrN3O2S. The van der Waals surface area contributed by atoms with Crippen LogP contribution in [0.2, 0.25) is 0 Å². The van der Waals surface area contributed by atoms with Crippen LogP contribution in [0, 0.1) is 0 Å². The lowest BCUT2D eigenvalue weighted by Gasteiger charge is -2.13. The first kappa shape index (κ1) is 19.5. The molecule has 0 saturated carbocycles. The van der Waals surface area contributed by atoms with Gasteiger partial charge in [-0.2, -0.15) is 0 Å². The van der Waals surface area contributed by atoms with Gasteiger partial charge in [-0.15, -0.1) is 10.2 Å². The van der Waals surface area contributed by atoms with Gasteiger partial charge in [0.2, 0.25) is 5.13 Å². The first-order chi connectivity index (χ1) is 13.1. The van der Waals surface area contributed by atoms with Gasteiger partial charge in [-0.05, 0) is 36.2 Å². The number of anilines is 1. The Kier molecular flexibility index (Phi) is 6.58. The van der Waals surface area contributed by atoms with Crippen molar-refractivity contribution >= 4 is 38.3 Å². The number of aromatic nitrogens is 2. The van der Waals surface area contributed by atoms with Crippen molar-refractivity contribution in [1.82, 2.24) is 10.2 Å². The first-order valence-corrected chi connectivity index (χ1v) is 10.3. The van der Waals surface area contributed by atoms with E-state index in [1.165, 1.54) is 21.8 Å². The summed E-state index contributed by atoms with van der Waals surface area (Å²) in [5, 5.41) is 9.62. The molecule has 0 fully saturated rings. The van der Waals surface area contributed by atoms with Crippen molar-refractivity contribution in [2.75, 3.05) is 18.6 Å². The molecule has 0 atom stereocenters. The van der Waals surface area contributed by atoms with Crippen molar-refractivity contribution in [2.24, 2.45) is 0 Å². The summed E-state index contributed by atoms with van der Waals surface area (Å²) >= 11 is 4.78. The highest BCUT2D eigenvalue weighted by molar-refractivity contribution is 9.10. The van der Waals surface area contributed by atoms with Crippen molar-refractivity contribution in [1.29, 1.82) is 0 Å². The van der Waals surface area contributed by atoms with Gasteiger partial charge < -0.3 is 4.74 Å². The zero-order chi connectivity index (χ0) is 19.2. The Morgan fingerprint density at radius 2 is 1.81 bits per heavy atom. The Morgan fingerprint density at radius 3 is 2.48 bits per heavy atom. The molecule has 1 aromatic heterocycles. The smallest absolute Gasteiger partial charge is 0.266 e. The summed E-state index contributed by atoms with van der Waals surface area (Å²) in [7, 11) is 1.68. The van der Waals surface area contributed by atoms with Crippen molar-refractivity contribution in [3.8, 4) is 16.3 Å². The summed E-state index contributed by atoms with van der Waals surface area (Å²) in [6.45, 7) is 2.10. The van der Waals surface area contributed by atoms with Gasteiger partial charge >= 0.3 is 0 Å². The van der Waals surface area contributed by atoms with Crippen LogP contribution in [0.1, 0.15) is 18.9 Å². The minimum atomic E-state index is -0.175. The lowest BCUT2D eigenvalue weighted by Crippen LogP contribution is -2.31. The second-order valence-electron chi connectivity index (χ2n) is 6.03. The molecule has 0 saturated heterocycles. The van der Waals surface area contributed by atoms with E-state index in [1.54, 1.807) is 7.05 Å². The van der Waals surface area contributed by atoms with Crippen LogP contribution in [0.3, 0.4) is 0 Å². The van der Waals surface area contributed by atoms with Crippen LogP contribution < -0.4 is 9.64 Å². The zero-order valence-corrected chi connectivity index (χ0v) is 17.6. The van der Waals surface area contributed by atoms with E-state index < -0.39 is 0 Å². The van der Waals surface area contributed by atoms with Crippen LogP contribution in [0.25, 0.3) is 10.6 Å². The third kappa shape index (κ3) is 5.14. The quantitative estimate of drug-likeness (QED) is 0.515. The van der Waals surface area contributed by atoms with Gasteiger partial charge in [-0.25, -0.2) is 0 Å². The van der Waals surface area contributed by atoms with Crippen LogP contribution in [-0.2, 0) is 11.2 Å². The number of nitrogens with zero attached hydrogens (tertiary/aromatic N) is 3. The fourth-order valence-electron chi connectivity index (χ4n) is 2.45. The molecule has 0 radical (unpaired) electrons. The molecule has 5 nitrogen and oxygen atoms in total. The molecule has 0 aliphatic heterocycles. The normalized spacial score (nSPS) is 10.6. The van der Waals surface area contributed by atoms with E-state index in [9.17, 15) is 4.79 Å². The lowest BCUT2D eigenvalue weighted by molar-refractivity contribution is -0.120. The van der Waals surface area contributed by atoms with Gasteiger partial charge in [0, 0.05) is 17.1 Å². The number of hydrogen-bond donors (Lipinski definition) is 0. The predicted octanol–water partition coefficient (Wildman–Crippen LogP) is 4.96. The molecule has 1 amide bonds. The fourth-order valence-corrected chi connectivity index (χ4v) is 3.54. The van der Waals surface area contributed by atoms with Crippen molar-refractivity contribution in [3.05, 3.63) is 58.6 Å². The molecule has 0 aliphatic rings. The van der Waals surface area contributed by atoms with Crippen LogP contribution in [0.15, 0.2) is 53.0 Å². The van der Waals surface area contributed by atoms with Gasteiger partial charge in [0.05, 0.1) is 0 Å². The predicted molar refractivity (Wildman–Crippen MR) is 112 cm³/mol. The average Bonchev–Trinajstić information content (AvgIpc) is 3.17. The van der Waals surface area contributed by atoms with E-state index >= 15 is 0 Å². The second-order valence-corrected chi connectivity index (χ2v) is 7.90. The van der Waals surface area contributed by atoms with E-state index in [-0.39, 0.29) is 12.5 Å². The Labute approximate surface area is 171 Å². The highest BCUT2D eigenvalue weighted by Crippen LogP contribution is 2.29. The minimum Gasteiger partial charge on any atom is -0.484 e. The zero-order valence-electron chi connectivity index (χ0n) is 15.2. The molecule has 0 N–H and O–H groups in total. The molecule has 2 aromatic carbocycles. The van der Waals surface area contributed by atoms with E-state index in [4.69, 9.17) is 4.74 Å². The van der Waals surface area contributed by atoms with Gasteiger partial charge in [-0.3, -0.25) is 9.69 Å². The van der Waals surface area contributed by atoms with Crippen LogP contribution in [0.4, 0.5) is 5.13 Å². The minimum absolute atomic E-state index is 0.0448. The van der Waals surface area contributed by atoms with Crippen LogP contribution in [0.5, 0.6) is 5.75 Å². The summed E-state index contributed by atoms with van der Waals surface area (Å²) in [5.74, 6) is 0.510. The van der Waals surface area contributed by atoms with Crippen molar-refractivity contribution < 1.29 is 9.53 Å². The number of aryl methyl sites for hydroxylation is 1. The maximum absolute atomic E-state index is 12.4. The number of amides is 1. The fraction of sp³-hybridized carbons (Fsp3) is 0.250. The summed E-state index contributed by atoms with van der Waals surface area (Å²) in [6, 6.07) is 15.7. The Hall–Kier alpha value is -2.25. The largest absolute Gasteiger partial charge is 0.484 e. The molecule has 140 valence electrons. The summed E-state index contributed by atoms with van der Waals surface area (Å²) in [4.78, 5) is 13.9. The molecular weight excluding hydrogens is 426 g/mol. The maximum Gasteiger partial charge on any atom is 0.266 e. The molecule has 3 aromatic rings. The SMILES string of the molecule is CCCc1ccc(OCC(=O)N(C)c2nnc(-c3ccc(Br)cc3)s2)cc1. The number of likely N-dealkylation sites (N-methyl/N-ethyl adjacent to an activating group) is 1. The number of rotatable bonds is 7. The number of halogens is 1. The molecule has 3 rings (SSSR count). The summed E-state index contributed by atoms with van der Waals surface area (Å²) in [5.41, 5.74) is 2.23. The molecule has 0 spiro atoms. The van der Waals surface area contributed by atoms with Crippen molar-refractivity contribution in [2.45, 2.75) is 19.8 Å². The van der Waals surface area contributed by atoms with Gasteiger partial charge in [0.15, 0.2) is 6.61 Å². The summed E-state index contributed by atoms with van der Waals surface area (Å²) in [6.07, 6.45) is 2.15. The second kappa shape index (κ2) is 9.10. The molecule has 0 bridgehead atoms. The molecule has 27 heavy (non-hydrogen) atoms.